The van der Waals surface area contributed by atoms with Crippen molar-refractivity contribution in [3.8, 4) is 0 Å². The normalized spacial score (nSPS) is 10.3. The third-order valence-corrected chi connectivity index (χ3v) is 3.56. The van der Waals surface area contributed by atoms with Crippen molar-refractivity contribution in [3.63, 3.8) is 0 Å². The molecule has 2 rings (SSSR count). The van der Waals surface area contributed by atoms with Crippen LogP contribution in [0.15, 0.2) is 42.6 Å². The van der Waals surface area contributed by atoms with E-state index in [1.807, 2.05) is 24.3 Å². The summed E-state index contributed by atoms with van der Waals surface area (Å²) < 4.78 is 0. The number of carbonyl (C=O) groups excluding carboxylic acids is 1. The highest BCUT2D eigenvalue weighted by Crippen LogP contribution is 2.23. The van der Waals surface area contributed by atoms with Gasteiger partial charge < -0.3 is 5.32 Å². The number of aryl methyl sites for hydroxylation is 1. The fourth-order valence-electron chi connectivity index (χ4n) is 1.73. The van der Waals surface area contributed by atoms with Gasteiger partial charge in [0, 0.05) is 12.6 Å². The van der Waals surface area contributed by atoms with E-state index in [1.165, 1.54) is 0 Å². The lowest BCUT2D eigenvalue weighted by atomic mass is 10.1. The molecule has 20 heavy (non-hydrogen) atoms. The minimum Gasteiger partial charge on any atom is -0.350 e. The summed E-state index contributed by atoms with van der Waals surface area (Å²) in [5.74, 6) is -0.0123. The first-order valence-corrected chi connectivity index (χ1v) is 7.01. The summed E-state index contributed by atoms with van der Waals surface area (Å²) in [6.07, 6.45) is 2.74. The molecule has 0 aliphatic carbocycles. The second kappa shape index (κ2) is 7.27. The van der Waals surface area contributed by atoms with E-state index >= 15 is 0 Å². The molecule has 1 aromatic heterocycles. The van der Waals surface area contributed by atoms with Crippen molar-refractivity contribution in [1.82, 2.24) is 10.3 Å². The largest absolute Gasteiger partial charge is 0.350 e. The molecule has 3 nitrogen and oxygen atoms in total. The zero-order chi connectivity index (χ0) is 14.4. The minimum absolute atomic E-state index is 0.0123. The molecule has 0 aliphatic rings. The number of hydrogen-bond donors (Lipinski definition) is 1. The number of halogens is 2. The maximum atomic E-state index is 11.7. The van der Waals surface area contributed by atoms with Crippen LogP contribution in [0.25, 0.3) is 0 Å². The van der Waals surface area contributed by atoms with E-state index in [4.69, 9.17) is 23.2 Å². The molecule has 2 aromatic rings. The molecule has 104 valence electrons. The lowest BCUT2D eigenvalue weighted by Crippen LogP contribution is -2.23. The van der Waals surface area contributed by atoms with Gasteiger partial charge in [-0.2, -0.15) is 0 Å². The van der Waals surface area contributed by atoms with Gasteiger partial charge >= 0.3 is 0 Å². The number of nitrogens with one attached hydrogen (secondary N) is 1. The predicted molar refractivity (Wildman–Crippen MR) is 80.9 cm³/mol. The summed E-state index contributed by atoms with van der Waals surface area (Å²) in [6.45, 7) is 0.445. The summed E-state index contributed by atoms with van der Waals surface area (Å²) in [7, 11) is 0. The van der Waals surface area contributed by atoms with Gasteiger partial charge in [-0.3, -0.25) is 9.78 Å². The molecular formula is C15H14Cl2N2O. The van der Waals surface area contributed by atoms with E-state index in [9.17, 15) is 4.79 Å². The molecule has 0 radical (unpaired) electrons. The monoisotopic (exact) mass is 308 g/mol. The van der Waals surface area contributed by atoms with Gasteiger partial charge in [0.1, 0.15) is 0 Å². The van der Waals surface area contributed by atoms with E-state index in [2.05, 4.69) is 10.3 Å². The number of aromatic nitrogens is 1. The first-order valence-electron chi connectivity index (χ1n) is 6.25. The maximum Gasteiger partial charge on any atom is 0.220 e. The molecule has 1 amide bonds. The highest BCUT2D eigenvalue weighted by atomic mass is 35.5. The van der Waals surface area contributed by atoms with Crippen LogP contribution in [-0.4, -0.2) is 10.9 Å². The maximum absolute atomic E-state index is 11.7. The Labute approximate surface area is 127 Å². The number of carbonyl (C=O) groups is 1. The molecule has 0 unspecified atom stereocenters. The quantitative estimate of drug-likeness (QED) is 0.916. The highest BCUT2D eigenvalue weighted by molar-refractivity contribution is 6.42. The summed E-state index contributed by atoms with van der Waals surface area (Å²) in [6, 6.07) is 11.0. The van der Waals surface area contributed by atoms with E-state index < -0.39 is 0 Å². The fraction of sp³-hybridized carbons (Fsp3) is 0.200. The third kappa shape index (κ3) is 4.51. The summed E-state index contributed by atoms with van der Waals surface area (Å²) in [5.41, 5.74) is 1.84. The Kier molecular flexibility index (Phi) is 5.39. The van der Waals surface area contributed by atoms with Crippen molar-refractivity contribution in [1.29, 1.82) is 0 Å². The average molecular weight is 309 g/mol. The third-order valence-electron chi connectivity index (χ3n) is 2.82. The summed E-state index contributed by atoms with van der Waals surface area (Å²) in [4.78, 5) is 15.9. The van der Waals surface area contributed by atoms with Gasteiger partial charge in [0.25, 0.3) is 0 Å². The van der Waals surface area contributed by atoms with Crippen LogP contribution >= 0.6 is 23.2 Å². The predicted octanol–water partition coefficient (Wildman–Crippen LogP) is 3.64. The SMILES string of the molecule is O=C(CCc1ccc(Cl)c(Cl)c1)NCc1ccccn1. The van der Waals surface area contributed by atoms with E-state index in [1.54, 1.807) is 18.3 Å². The molecule has 0 fully saturated rings. The second-order valence-corrected chi connectivity index (χ2v) is 5.16. The lowest BCUT2D eigenvalue weighted by molar-refractivity contribution is -0.121. The van der Waals surface area contributed by atoms with Gasteiger partial charge in [-0.1, -0.05) is 35.3 Å². The molecule has 0 atom stereocenters. The Bertz CT molecular complexity index is 588. The van der Waals surface area contributed by atoms with Crippen LogP contribution in [-0.2, 0) is 17.8 Å². The van der Waals surface area contributed by atoms with Gasteiger partial charge in [0.05, 0.1) is 22.3 Å². The Balaban J connectivity index is 1.79. The molecular weight excluding hydrogens is 295 g/mol. The van der Waals surface area contributed by atoms with Crippen LogP contribution in [0.1, 0.15) is 17.7 Å². The molecule has 0 saturated heterocycles. The van der Waals surface area contributed by atoms with Crippen LogP contribution in [0, 0.1) is 0 Å². The van der Waals surface area contributed by atoms with Crippen LogP contribution in [0.5, 0.6) is 0 Å². The smallest absolute Gasteiger partial charge is 0.220 e. The lowest BCUT2D eigenvalue weighted by Gasteiger charge is -2.05. The van der Waals surface area contributed by atoms with Gasteiger partial charge in [-0.25, -0.2) is 0 Å². The zero-order valence-electron chi connectivity index (χ0n) is 10.8. The van der Waals surface area contributed by atoms with Gasteiger partial charge in [0.2, 0.25) is 5.91 Å². The minimum atomic E-state index is -0.0123. The Morgan fingerprint density at radius 1 is 1.15 bits per heavy atom. The van der Waals surface area contributed by atoms with Gasteiger partial charge in [-0.05, 0) is 36.2 Å². The van der Waals surface area contributed by atoms with Crippen LogP contribution < -0.4 is 5.32 Å². The Morgan fingerprint density at radius 3 is 2.70 bits per heavy atom. The molecule has 0 spiro atoms. The molecule has 1 aromatic carbocycles. The number of pyridine rings is 1. The van der Waals surface area contributed by atoms with Gasteiger partial charge in [0.15, 0.2) is 0 Å². The number of amides is 1. The van der Waals surface area contributed by atoms with E-state index in [-0.39, 0.29) is 5.91 Å². The van der Waals surface area contributed by atoms with E-state index in [0.29, 0.717) is 29.4 Å². The van der Waals surface area contributed by atoms with E-state index in [0.717, 1.165) is 11.3 Å². The van der Waals surface area contributed by atoms with Crippen molar-refractivity contribution in [2.75, 3.05) is 0 Å². The van der Waals surface area contributed by atoms with Crippen molar-refractivity contribution in [2.24, 2.45) is 0 Å². The highest BCUT2D eigenvalue weighted by Gasteiger charge is 2.04. The molecule has 0 aliphatic heterocycles. The fourth-order valence-corrected chi connectivity index (χ4v) is 2.05. The van der Waals surface area contributed by atoms with Crippen molar-refractivity contribution >= 4 is 29.1 Å². The first kappa shape index (κ1) is 14.8. The number of benzene rings is 1. The van der Waals surface area contributed by atoms with Gasteiger partial charge in [-0.15, -0.1) is 0 Å². The molecule has 0 saturated carbocycles. The Hall–Kier alpha value is -1.58. The van der Waals surface area contributed by atoms with Crippen molar-refractivity contribution in [3.05, 3.63) is 63.9 Å². The topological polar surface area (TPSA) is 42.0 Å². The molecule has 5 heteroatoms. The Morgan fingerprint density at radius 2 is 2.00 bits per heavy atom. The summed E-state index contributed by atoms with van der Waals surface area (Å²) >= 11 is 11.8. The second-order valence-electron chi connectivity index (χ2n) is 4.35. The first-order chi connectivity index (χ1) is 9.65. The van der Waals surface area contributed by atoms with Crippen molar-refractivity contribution < 1.29 is 4.79 Å². The van der Waals surface area contributed by atoms with Crippen LogP contribution in [0.3, 0.4) is 0 Å². The number of rotatable bonds is 5. The molecule has 1 heterocycles. The van der Waals surface area contributed by atoms with Crippen LogP contribution in [0.2, 0.25) is 10.0 Å². The summed E-state index contributed by atoms with van der Waals surface area (Å²) in [5, 5.41) is 3.87. The molecule has 0 bridgehead atoms. The molecule has 1 N–H and O–H groups in total. The number of hydrogen-bond acceptors (Lipinski definition) is 2. The number of nitrogens with zero attached hydrogens (tertiary/aromatic N) is 1. The van der Waals surface area contributed by atoms with Crippen LogP contribution in [0.4, 0.5) is 0 Å². The zero-order valence-corrected chi connectivity index (χ0v) is 12.3. The van der Waals surface area contributed by atoms with Crippen molar-refractivity contribution in [2.45, 2.75) is 19.4 Å². The standard InChI is InChI=1S/C15H14Cl2N2O/c16-13-6-4-11(9-14(13)17)5-7-15(20)19-10-12-3-1-2-8-18-12/h1-4,6,8-9H,5,7,10H2,(H,19,20). The average Bonchev–Trinajstić information content (AvgIpc) is 2.47.